The highest BCUT2D eigenvalue weighted by molar-refractivity contribution is 7.95. The highest BCUT2D eigenvalue weighted by atomic mass is 32.2. The number of hydrogen-bond acceptors (Lipinski definition) is 5. The molecule has 1 atom stereocenters. The van der Waals surface area contributed by atoms with Crippen molar-refractivity contribution >= 4 is 27.0 Å². The van der Waals surface area contributed by atoms with E-state index in [2.05, 4.69) is 148 Å². The summed E-state index contributed by atoms with van der Waals surface area (Å²) in [5, 5.41) is 0. The van der Waals surface area contributed by atoms with Crippen molar-refractivity contribution in [1.82, 2.24) is 4.90 Å². The number of sulfone groups is 1. The minimum absolute atomic E-state index is 0. The van der Waals surface area contributed by atoms with Crippen LogP contribution in [0.2, 0.25) is 0 Å². The Kier molecular flexibility index (Phi) is 19.0. The molecular formula is C57H76N2O3S. The summed E-state index contributed by atoms with van der Waals surface area (Å²) < 4.78 is 27.9. The molecule has 0 saturated carbocycles. The number of carbonyl (C=O) groups is 1. The van der Waals surface area contributed by atoms with Gasteiger partial charge in [0.2, 0.25) is 9.84 Å². The number of ketones is 1. The van der Waals surface area contributed by atoms with Gasteiger partial charge in [0.15, 0.2) is 5.78 Å². The van der Waals surface area contributed by atoms with E-state index in [9.17, 15) is 13.2 Å². The molecule has 0 spiro atoms. The van der Waals surface area contributed by atoms with E-state index in [-0.39, 0.29) is 46.8 Å². The Morgan fingerprint density at radius 2 is 1.56 bits per heavy atom. The van der Waals surface area contributed by atoms with Crippen molar-refractivity contribution in [3.63, 3.8) is 0 Å². The molecule has 7 rings (SSSR count). The van der Waals surface area contributed by atoms with Crippen molar-refractivity contribution in [3.8, 4) is 0 Å². The summed E-state index contributed by atoms with van der Waals surface area (Å²) >= 11 is 0. The van der Waals surface area contributed by atoms with Gasteiger partial charge in [-0.1, -0.05) is 187 Å². The summed E-state index contributed by atoms with van der Waals surface area (Å²) in [5.41, 5.74) is 12.2. The SMILES string of the molecule is C.C/C=C\C1=C(CC(C)C)S(=O)(=O)c2ccc(N3C4=C(C=CC=CC4)C(C)(C)c4ccccc43)cc2C(=O)C1.CC.CC.CC1/C=C\C=C/CCN(C)C2=C=C(C=CC=C2)C1(C)C. The predicted molar refractivity (Wildman–Crippen MR) is 272 cm³/mol. The van der Waals surface area contributed by atoms with Gasteiger partial charge in [-0.05, 0) is 78.7 Å². The van der Waals surface area contributed by atoms with Crippen LogP contribution in [-0.2, 0) is 15.3 Å². The molecule has 3 heterocycles. The number of Topliss-reactive ketones (excluding diaryl/α,β-unsaturated/α-hetero) is 1. The summed E-state index contributed by atoms with van der Waals surface area (Å²) in [4.78, 5) is 18.6. The van der Waals surface area contributed by atoms with Crippen molar-refractivity contribution in [2.45, 2.75) is 127 Å². The maximum Gasteiger partial charge on any atom is 0.203 e. The van der Waals surface area contributed by atoms with E-state index in [4.69, 9.17) is 0 Å². The second kappa shape index (κ2) is 23.0. The molecule has 2 aromatic rings. The fourth-order valence-electron chi connectivity index (χ4n) is 8.32. The molecule has 2 aromatic carbocycles. The minimum atomic E-state index is -3.82. The van der Waals surface area contributed by atoms with Gasteiger partial charge in [-0.3, -0.25) is 4.79 Å². The van der Waals surface area contributed by atoms with Gasteiger partial charge in [-0.2, -0.15) is 0 Å². The first-order valence-corrected chi connectivity index (χ1v) is 24.2. The average molecular weight is 869 g/mol. The molecule has 0 N–H and O–H groups in total. The van der Waals surface area contributed by atoms with E-state index < -0.39 is 9.84 Å². The maximum absolute atomic E-state index is 13.9. The third kappa shape index (κ3) is 11.5. The number of benzene rings is 2. The lowest BCUT2D eigenvalue weighted by molar-refractivity contribution is 0.0991. The molecule has 5 aliphatic rings. The van der Waals surface area contributed by atoms with Crippen LogP contribution >= 0.6 is 0 Å². The maximum atomic E-state index is 13.9. The minimum Gasteiger partial charge on any atom is -0.368 e. The lowest BCUT2D eigenvalue weighted by atomic mass is 9.72. The third-order valence-corrected chi connectivity index (χ3v) is 14.1. The number of para-hydroxylation sites is 1. The lowest BCUT2D eigenvalue weighted by Crippen LogP contribution is -2.33. The van der Waals surface area contributed by atoms with Gasteiger partial charge < -0.3 is 9.80 Å². The number of likely N-dealkylation sites (N-methyl/N-ethyl adjacent to an activating group) is 1. The number of fused-ring (bicyclic) bond motifs is 2. The molecule has 0 fully saturated rings. The van der Waals surface area contributed by atoms with E-state index in [1.165, 1.54) is 22.4 Å². The van der Waals surface area contributed by atoms with Gasteiger partial charge in [0.05, 0.1) is 15.5 Å². The van der Waals surface area contributed by atoms with E-state index in [1.54, 1.807) is 18.2 Å². The second-order valence-electron chi connectivity index (χ2n) is 17.3. The quantitative estimate of drug-likeness (QED) is 0.287. The molecule has 1 unspecified atom stereocenters. The van der Waals surface area contributed by atoms with Gasteiger partial charge in [0.25, 0.3) is 0 Å². The van der Waals surface area contributed by atoms with E-state index in [1.807, 2.05) is 66.7 Å². The van der Waals surface area contributed by atoms with E-state index in [0.717, 1.165) is 36.5 Å². The van der Waals surface area contributed by atoms with Crippen LogP contribution in [0.15, 0.2) is 171 Å². The Morgan fingerprint density at radius 1 is 0.889 bits per heavy atom. The van der Waals surface area contributed by atoms with Crippen molar-refractivity contribution in [2.24, 2.45) is 17.3 Å². The Hall–Kier alpha value is -5.16. The highest BCUT2D eigenvalue weighted by Crippen LogP contribution is 2.50. The summed E-state index contributed by atoms with van der Waals surface area (Å²) in [6.07, 6.45) is 31.8. The van der Waals surface area contributed by atoms with Crippen LogP contribution < -0.4 is 4.90 Å². The van der Waals surface area contributed by atoms with Crippen LogP contribution in [-0.4, -0.2) is 32.7 Å². The van der Waals surface area contributed by atoms with Crippen LogP contribution in [0.1, 0.15) is 132 Å². The fraction of sp³-hybridized carbons (Fsp3) is 0.404. The number of rotatable bonds is 4. The molecule has 3 aliphatic heterocycles. The first-order chi connectivity index (χ1) is 29.6. The second-order valence-corrected chi connectivity index (χ2v) is 19.3. The van der Waals surface area contributed by atoms with Crippen molar-refractivity contribution in [1.29, 1.82) is 0 Å². The predicted octanol–water partition coefficient (Wildman–Crippen LogP) is 15.4. The third-order valence-electron chi connectivity index (χ3n) is 12.1. The van der Waals surface area contributed by atoms with E-state index >= 15 is 0 Å². The van der Waals surface area contributed by atoms with Gasteiger partial charge in [-0.25, -0.2) is 8.42 Å². The standard InChI is InChI=1S/C33H35NO3S.C19H25N.2C2H6.CH4/c1-6-12-23-20-30(35)25-21-24(17-18-31(25)38(36,37)32(23)19-22(2)3)34-28-15-9-7-8-13-26(28)33(4,5)27-14-10-11-16-29(27)34;1-16-11-7-5-6-10-14-20(4)18-13-9-8-12-17(15-18)19(16,2)3;2*1-2;/h6-14,16-18,21-22H,15,19-20H2,1-5H3;5-9,11-13,16H,10,14H2,1-4H3;2*1-2H3;1H4/b12-6-;6-5-,11-7-;;;. The van der Waals surface area contributed by atoms with Crippen molar-refractivity contribution < 1.29 is 13.2 Å². The molecule has 2 bridgehead atoms. The molecule has 2 aliphatic carbocycles. The molecular weight excluding hydrogens is 793 g/mol. The van der Waals surface area contributed by atoms with Gasteiger partial charge in [-0.15, -0.1) is 0 Å². The van der Waals surface area contributed by atoms with Crippen LogP contribution in [0.5, 0.6) is 0 Å². The Bertz CT molecular complexity index is 2410. The van der Waals surface area contributed by atoms with Crippen molar-refractivity contribution in [3.05, 3.63) is 177 Å². The average Bonchev–Trinajstić information content (AvgIpc) is 3.70. The van der Waals surface area contributed by atoms with Crippen molar-refractivity contribution in [2.75, 3.05) is 18.5 Å². The molecule has 0 radical (unpaired) electrons. The number of anilines is 2. The summed E-state index contributed by atoms with van der Waals surface area (Å²) in [6.45, 7) is 26.2. The van der Waals surface area contributed by atoms with Gasteiger partial charge >= 0.3 is 0 Å². The molecule has 0 amide bonds. The lowest BCUT2D eigenvalue weighted by Gasteiger charge is -2.43. The van der Waals surface area contributed by atoms with Crippen LogP contribution in [0.4, 0.5) is 11.4 Å². The van der Waals surface area contributed by atoms with E-state index in [0.29, 0.717) is 22.8 Å². The molecule has 63 heavy (non-hydrogen) atoms. The fourth-order valence-corrected chi connectivity index (χ4v) is 10.3. The molecule has 0 saturated heterocycles. The molecule has 6 heteroatoms. The Balaban J connectivity index is 0.000000358. The largest absolute Gasteiger partial charge is 0.368 e. The number of hydrogen-bond donors (Lipinski definition) is 0. The first-order valence-electron chi connectivity index (χ1n) is 22.7. The molecule has 0 aromatic heterocycles. The monoisotopic (exact) mass is 869 g/mol. The molecule has 338 valence electrons. The zero-order valence-corrected chi connectivity index (χ0v) is 40.7. The number of allylic oxidation sites excluding steroid dienone is 16. The topological polar surface area (TPSA) is 57.7 Å². The van der Waals surface area contributed by atoms with Crippen LogP contribution in [0.3, 0.4) is 0 Å². The summed E-state index contributed by atoms with van der Waals surface area (Å²) in [7, 11) is -1.68. The van der Waals surface area contributed by atoms with Gasteiger partial charge in [0, 0.05) is 65.5 Å². The van der Waals surface area contributed by atoms with Gasteiger partial charge in [0.1, 0.15) is 0 Å². The molecule has 5 nitrogen and oxygen atoms in total. The smallest absolute Gasteiger partial charge is 0.203 e. The summed E-state index contributed by atoms with van der Waals surface area (Å²) in [5.74, 6) is 0.437. The normalized spacial score (nSPS) is 21.3. The number of nitrogens with zero attached hydrogens (tertiary/aromatic N) is 2. The van der Waals surface area contributed by atoms with Crippen LogP contribution in [0, 0.1) is 17.3 Å². The Labute approximate surface area is 383 Å². The zero-order valence-electron chi connectivity index (χ0n) is 39.8. The van der Waals surface area contributed by atoms with Crippen LogP contribution in [0.25, 0.3) is 0 Å². The Morgan fingerprint density at radius 3 is 2.25 bits per heavy atom. The number of carbonyl (C=O) groups excluding carboxylic acids is 1. The summed E-state index contributed by atoms with van der Waals surface area (Å²) in [6, 6.07) is 13.6. The highest BCUT2D eigenvalue weighted by Gasteiger charge is 2.39. The zero-order chi connectivity index (χ0) is 45.8. The first kappa shape index (κ1) is 52.2.